The van der Waals surface area contributed by atoms with Crippen LogP contribution in [0.3, 0.4) is 0 Å². The minimum Gasteiger partial charge on any atom is -0.493 e. The highest BCUT2D eigenvalue weighted by Gasteiger charge is 2.25. The Morgan fingerprint density at radius 3 is 2.24 bits per heavy atom. The number of oxazole rings is 1. The molecule has 0 amide bonds. The maximum atomic E-state index is 11.0. The van der Waals surface area contributed by atoms with Gasteiger partial charge in [0.2, 0.25) is 17.3 Å². The van der Waals surface area contributed by atoms with Gasteiger partial charge in [-0.15, -0.1) is 0 Å². The third kappa shape index (κ3) is 2.64. The van der Waals surface area contributed by atoms with E-state index in [1.165, 1.54) is 20.3 Å². The molecule has 0 saturated heterocycles. The molecular weight excluding hydrogens is 282 g/mol. The smallest absolute Gasteiger partial charge is 0.374 e. The van der Waals surface area contributed by atoms with E-state index in [1.807, 2.05) is 0 Å². The zero-order valence-electron chi connectivity index (χ0n) is 11.1. The summed E-state index contributed by atoms with van der Waals surface area (Å²) in [6.45, 7) is 0. The van der Waals surface area contributed by atoms with Crippen molar-refractivity contribution in [3.8, 4) is 23.0 Å². The lowest BCUT2D eigenvalue weighted by atomic mass is 10.2. The first-order chi connectivity index (χ1) is 9.97. The number of hydrogen-bond donors (Lipinski definition) is 2. The second-order valence-electron chi connectivity index (χ2n) is 3.88. The van der Waals surface area contributed by atoms with E-state index in [1.54, 1.807) is 12.1 Å². The van der Waals surface area contributed by atoms with Gasteiger partial charge in [-0.05, 0) is 18.2 Å². The molecule has 0 unspecified atom stereocenters. The van der Waals surface area contributed by atoms with Crippen molar-refractivity contribution < 1.29 is 33.7 Å². The van der Waals surface area contributed by atoms with Crippen LogP contribution in [0.15, 0.2) is 22.6 Å². The average molecular weight is 293 g/mol. The molecule has 0 aliphatic heterocycles. The molecule has 2 N–H and O–H groups in total. The van der Waals surface area contributed by atoms with Gasteiger partial charge in [0.25, 0.3) is 0 Å². The van der Waals surface area contributed by atoms with Crippen LogP contribution in [0.25, 0.3) is 11.5 Å². The molecule has 21 heavy (non-hydrogen) atoms. The highest BCUT2D eigenvalue weighted by Crippen LogP contribution is 2.32. The van der Waals surface area contributed by atoms with Gasteiger partial charge in [-0.3, -0.25) is 0 Å². The average Bonchev–Trinajstić information content (AvgIpc) is 2.92. The minimum absolute atomic E-state index is 0.134. The van der Waals surface area contributed by atoms with E-state index in [9.17, 15) is 9.59 Å². The van der Waals surface area contributed by atoms with Crippen LogP contribution in [-0.2, 0) is 0 Å². The molecule has 0 aliphatic rings. The van der Waals surface area contributed by atoms with Crippen LogP contribution >= 0.6 is 0 Å². The summed E-state index contributed by atoms with van der Waals surface area (Å²) in [7, 11) is 2.90. The molecule has 0 radical (unpaired) electrons. The first-order valence-electron chi connectivity index (χ1n) is 5.67. The third-order valence-electron chi connectivity index (χ3n) is 2.65. The molecule has 2 aromatic rings. The molecule has 110 valence electrons. The van der Waals surface area contributed by atoms with Gasteiger partial charge >= 0.3 is 11.9 Å². The number of aromatic nitrogens is 1. The molecule has 0 bridgehead atoms. The van der Waals surface area contributed by atoms with E-state index < -0.39 is 23.4 Å². The van der Waals surface area contributed by atoms with E-state index in [0.29, 0.717) is 17.1 Å². The first kappa shape index (κ1) is 14.4. The molecule has 1 aromatic heterocycles. The Balaban J connectivity index is 2.54. The molecule has 8 heteroatoms. The van der Waals surface area contributed by atoms with Crippen molar-refractivity contribution in [2.45, 2.75) is 0 Å². The Morgan fingerprint density at radius 1 is 1.10 bits per heavy atom. The highest BCUT2D eigenvalue weighted by atomic mass is 16.5. The van der Waals surface area contributed by atoms with E-state index >= 15 is 0 Å². The van der Waals surface area contributed by atoms with E-state index in [2.05, 4.69) is 4.98 Å². The Kier molecular flexibility index (Phi) is 3.79. The third-order valence-corrected chi connectivity index (χ3v) is 2.65. The predicted molar refractivity (Wildman–Crippen MR) is 69.0 cm³/mol. The number of nitrogens with zero attached hydrogens (tertiary/aromatic N) is 1. The van der Waals surface area contributed by atoms with Gasteiger partial charge in [0.15, 0.2) is 11.5 Å². The number of hydrogen-bond acceptors (Lipinski definition) is 6. The summed E-state index contributed by atoms with van der Waals surface area (Å²) in [6, 6.07) is 4.62. The van der Waals surface area contributed by atoms with Crippen LogP contribution < -0.4 is 9.47 Å². The normalized spacial score (nSPS) is 10.2. The summed E-state index contributed by atoms with van der Waals surface area (Å²) < 4.78 is 15.2. The maximum absolute atomic E-state index is 11.0. The van der Waals surface area contributed by atoms with E-state index in [0.717, 1.165) is 0 Å². The molecule has 8 nitrogen and oxygen atoms in total. The summed E-state index contributed by atoms with van der Waals surface area (Å²) in [4.78, 5) is 25.6. The van der Waals surface area contributed by atoms with Gasteiger partial charge in [0.1, 0.15) is 0 Å². The molecule has 2 rings (SSSR count). The molecule has 0 aliphatic carbocycles. The number of carboxylic acid groups (broad SMARTS) is 2. The molecule has 0 fully saturated rings. The zero-order valence-corrected chi connectivity index (χ0v) is 11.1. The highest BCUT2D eigenvalue weighted by molar-refractivity contribution is 5.98. The fourth-order valence-electron chi connectivity index (χ4n) is 1.70. The molecule has 1 heterocycles. The number of benzene rings is 1. The van der Waals surface area contributed by atoms with Gasteiger partial charge < -0.3 is 24.1 Å². The number of methoxy groups -OCH3 is 2. The summed E-state index contributed by atoms with van der Waals surface area (Å²) in [5.41, 5.74) is -0.296. The van der Waals surface area contributed by atoms with Crippen molar-refractivity contribution in [1.82, 2.24) is 4.98 Å². The van der Waals surface area contributed by atoms with Gasteiger partial charge in [-0.1, -0.05) is 0 Å². The molecular formula is C13H11NO7. The van der Waals surface area contributed by atoms with Crippen molar-refractivity contribution in [2.24, 2.45) is 0 Å². The van der Waals surface area contributed by atoms with Gasteiger partial charge in [-0.2, -0.15) is 0 Å². The van der Waals surface area contributed by atoms with Crippen LogP contribution in [0, 0.1) is 0 Å². The number of ether oxygens (including phenoxy) is 2. The van der Waals surface area contributed by atoms with Crippen molar-refractivity contribution in [1.29, 1.82) is 0 Å². The second kappa shape index (κ2) is 5.53. The Morgan fingerprint density at radius 2 is 1.76 bits per heavy atom. The maximum Gasteiger partial charge on any atom is 0.374 e. The molecule has 0 atom stereocenters. The number of rotatable bonds is 5. The minimum atomic E-state index is -1.51. The lowest BCUT2D eigenvalue weighted by Gasteiger charge is -2.07. The van der Waals surface area contributed by atoms with Crippen molar-refractivity contribution in [3.63, 3.8) is 0 Å². The summed E-state index contributed by atoms with van der Waals surface area (Å²) >= 11 is 0. The van der Waals surface area contributed by atoms with E-state index in [4.69, 9.17) is 24.1 Å². The van der Waals surface area contributed by atoms with Crippen LogP contribution in [0.5, 0.6) is 11.5 Å². The Bertz CT molecular complexity index is 673. The summed E-state index contributed by atoms with van der Waals surface area (Å²) in [6.07, 6.45) is 0. The fourth-order valence-corrected chi connectivity index (χ4v) is 1.70. The van der Waals surface area contributed by atoms with Crippen LogP contribution in [0.2, 0.25) is 0 Å². The predicted octanol–water partition coefficient (Wildman–Crippen LogP) is 1.76. The Hall–Kier alpha value is -3.03. The number of aromatic carboxylic acids is 2. The van der Waals surface area contributed by atoms with Crippen LogP contribution in [-0.4, -0.2) is 41.4 Å². The van der Waals surface area contributed by atoms with Crippen LogP contribution in [0.4, 0.5) is 0 Å². The van der Waals surface area contributed by atoms with Gasteiger partial charge in [0, 0.05) is 5.56 Å². The largest absolute Gasteiger partial charge is 0.493 e. The van der Waals surface area contributed by atoms with Gasteiger partial charge in [-0.25, -0.2) is 14.6 Å². The first-order valence-corrected chi connectivity index (χ1v) is 5.67. The van der Waals surface area contributed by atoms with Crippen molar-refractivity contribution in [3.05, 3.63) is 29.7 Å². The van der Waals surface area contributed by atoms with Crippen molar-refractivity contribution in [2.75, 3.05) is 14.2 Å². The SMILES string of the molecule is COc1ccc(-c2nc(C(=O)O)c(C(=O)O)o2)cc1OC. The number of carbonyl (C=O) groups is 2. The number of carboxylic acids is 2. The standard InChI is InChI=1S/C13H11NO7/c1-19-7-4-3-6(5-8(7)20-2)11-14-9(12(15)16)10(21-11)13(17)18/h3-5H,1-2H3,(H,15,16)(H,17,18). The lowest BCUT2D eigenvalue weighted by Crippen LogP contribution is -2.05. The molecule has 1 aromatic carbocycles. The summed E-state index contributed by atoms with van der Waals surface area (Å²) in [5.74, 6) is -3.01. The molecule has 0 saturated carbocycles. The monoisotopic (exact) mass is 293 g/mol. The van der Waals surface area contributed by atoms with Crippen LogP contribution in [0.1, 0.15) is 21.0 Å². The zero-order chi connectivity index (χ0) is 15.6. The second-order valence-corrected chi connectivity index (χ2v) is 3.88. The molecule has 0 spiro atoms. The summed E-state index contributed by atoms with van der Waals surface area (Å²) in [5, 5.41) is 17.8. The Labute approximate surface area is 118 Å². The topological polar surface area (TPSA) is 119 Å². The van der Waals surface area contributed by atoms with E-state index in [-0.39, 0.29) is 5.89 Å². The van der Waals surface area contributed by atoms with Crippen molar-refractivity contribution >= 4 is 11.9 Å². The quantitative estimate of drug-likeness (QED) is 0.855. The fraction of sp³-hybridized carbons (Fsp3) is 0.154. The van der Waals surface area contributed by atoms with Gasteiger partial charge in [0.05, 0.1) is 14.2 Å². The lowest BCUT2D eigenvalue weighted by molar-refractivity contribution is 0.0624.